The maximum Gasteiger partial charge on any atom is 0.224 e. The Bertz CT molecular complexity index is 311. The van der Waals surface area contributed by atoms with Gasteiger partial charge in [0.05, 0.1) is 0 Å². The summed E-state index contributed by atoms with van der Waals surface area (Å²) in [6, 6.07) is 2.39. The van der Waals surface area contributed by atoms with E-state index in [1.807, 2.05) is 13.1 Å². The van der Waals surface area contributed by atoms with Crippen molar-refractivity contribution in [1.82, 2.24) is 9.97 Å². The predicted octanol–water partition coefficient (Wildman–Crippen LogP) is 2.00. The smallest absolute Gasteiger partial charge is 0.224 e. The van der Waals surface area contributed by atoms with Crippen LogP contribution in [0.1, 0.15) is 20.8 Å². The van der Waals surface area contributed by atoms with Crippen molar-refractivity contribution < 1.29 is 0 Å². The van der Waals surface area contributed by atoms with Crippen LogP contribution in [-0.4, -0.2) is 30.1 Å². The SMILES string of the molecule is CNc1nccc(N(C)C(C)C(C)C)n1. The van der Waals surface area contributed by atoms with Gasteiger partial charge in [0, 0.05) is 26.3 Å². The molecule has 84 valence electrons. The summed E-state index contributed by atoms with van der Waals surface area (Å²) in [6.45, 7) is 6.62. The van der Waals surface area contributed by atoms with Crippen molar-refractivity contribution in [2.45, 2.75) is 26.8 Å². The summed E-state index contributed by atoms with van der Waals surface area (Å²) in [5, 5.41) is 2.94. The molecule has 4 heteroatoms. The fourth-order valence-corrected chi connectivity index (χ4v) is 1.32. The number of rotatable bonds is 4. The molecule has 1 unspecified atom stereocenters. The van der Waals surface area contributed by atoms with Gasteiger partial charge < -0.3 is 10.2 Å². The van der Waals surface area contributed by atoms with Crippen LogP contribution in [0.4, 0.5) is 11.8 Å². The minimum Gasteiger partial charge on any atom is -0.357 e. The maximum atomic E-state index is 4.40. The molecule has 0 aliphatic rings. The van der Waals surface area contributed by atoms with Gasteiger partial charge in [0.1, 0.15) is 5.82 Å². The summed E-state index contributed by atoms with van der Waals surface area (Å²) in [6.07, 6.45) is 1.78. The van der Waals surface area contributed by atoms with Gasteiger partial charge in [-0.2, -0.15) is 4.98 Å². The molecule has 1 atom stereocenters. The predicted molar refractivity (Wildman–Crippen MR) is 64.3 cm³/mol. The number of nitrogens with one attached hydrogen (secondary N) is 1. The Morgan fingerprint density at radius 2 is 2.00 bits per heavy atom. The average molecular weight is 208 g/mol. The molecule has 4 nitrogen and oxygen atoms in total. The molecule has 0 aliphatic carbocycles. The lowest BCUT2D eigenvalue weighted by molar-refractivity contribution is 0.502. The molecular formula is C11H20N4. The van der Waals surface area contributed by atoms with Crippen molar-refractivity contribution in [3.05, 3.63) is 12.3 Å². The third kappa shape index (κ3) is 2.81. The molecular weight excluding hydrogens is 188 g/mol. The first-order valence-electron chi connectivity index (χ1n) is 5.30. The second-order valence-corrected chi connectivity index (χ2v) is 4.08. The second-order valence-electron chi connectivity index (χ2n) is 4.08. The standard InChI is InChI=1S/C11H20N4/c1-8(2)9(3)15(5)10-6-7-13-11(12-4)14-10/h6-9H,1-5H3,(H,12,13,14). The first kappa shape index (κ1) is 11.8. The van der Waals surface area contributed by atoms with Crippen molar-refractivity contribution in [2.75, 3.05) is 24.3 Å². The van der Waals surface area contributed by atoms with E-state index in [9.17, 15) is 0 Å². The zero-order chi connectivity index (χ0) is 11.4. The zero-order valence-electron chi connectivity index (χ0n) is 10.2. The van der Waals surface area contributed by atoms with Gasteiger partial charge in [0.15, 0.2) is 0 Å². The van der Waals surface area contributed by atoms with Gasteiger partial charge in [-0.1, -0.05) is 13.8 Å². The third-order valence-corrected chi connectivity index (χ3v) is 2.80. The highest BCUT2D eigenvalue weighted by Gasteiger charge is 2.14. The van der Waals surface area contributed by atoms with Crippen molar-refractivity contribution in [1.29, 1.82) is 0 Å². The van der Waals surface area contributed by atoms with Gasteiger partial charge >= 0.3 is 0 Å². The third-order valence-electron chi connectivity index (χ3n) is 2.80. The molecule has 1 aromatic heterocycles. The summed E-state index contributed by atoms with van der Waals surface area (Å²) in [7, 11) is 3.89. The number of anilines is 2. The largest absolute Gasteiger partial charge is 0.357 e. The van der Waals surface area contributed by atoms with Crippen molar-refractivity contribution in [2.24, 2.45) is 5.92 Å². The van der Waals surface area contributed by atoms with Gasteiger partial charge in [-0.15, -0.1) is 0 Å². The summed E-state index contributed by atoms with van der Waals surface area (Å²) < 4.78 is 0. The molecule has 15 heavy (non-hydrogen) atoms. The van der Waals surface area contributed by atoms with E-state index in [-0.39, 0.29) is 0 Å². The lowest BCUT2D eigenvalue weighted by atomic mass is 10.1. The normalized spacial score (nSPS) is 12.7. The van der Waals surface area contributed by atoms with Gasteiger partial charge in [-0.05, 0) is 18.9 Å². The Balaban J connectivity index is 2.85. The summed E-state index contributed by atoms with van der Waals surface area (Å²) >= 11 is 0. The lowest BCUT2D eigenvalue weighted by Crippen LogP contribution is -2.33. The van der Waals surface area contributed by atoms with Crippen LogP contribution in [0, 0.1) is 5.92 Å². The highest BCUT2D eigenvalue weighted by molar-refractivity contribution is 5.42. The highest BCUT2D eigenvalue weighted by atomic mass is 15.2. The molecule has 0 saturated heterocycles. The van der Waals surface area contributed by atoms with E-state index >= 15 is 0 Å². The van der Waals surface area contributed by atoms with Gasteiger partial charge in [-0.3, -0.25) is 0 Å². The Labute approximate surface area is 91.7 Å². The molecule has 1 aromatic rings. The van der Waals surface area contributed by atoms with Crippen molar-refractivity contribution in [3.8, 4) is 0 Å². The molecule has 0 fully saturated rings. The quantitative estimate of drug-likeness (QED) is 0.821. The summed E-state index contributed by atoms with van der Waals surface area (Å²) in [4.78, 5) is 10.7. The van der Waals surface area contributed by atoms with E-state index in [1.54, 1.807) is 6.20 Å². The van der Waals surface area contributed by atoms with Crippen LogP contribution in [-0.2, 0) is 0 Å². The summed E-state index contributed by atoms with van der Waals surface area (Å²) in [5.41, 5.74) is 0. The van der Waals surface area contributed by atoms with Crippen LogP contribution in [0.3, 0.4) is 0 Å². The Kier molecular flexibility index (Phi) is 3.88. The molecule has 0 radical (unpaired) electrons. The number of nitrogens with zero attached hydrogens (tertiary/aromatic N) is 3. The monoisotopic (exact) mass is 208 g/mol. The molecule has 0 spiro atoms. The van der Waals surface area contributed by atoms with Crippen LogP contribution in [0.2, 0.25) is 0 Å². The number of hydrogen-bond acceptors (Lipinski definition) is 4. The van der Waals surface area contributed by atoms with E-state index in [4.69, 9.17) is 0 Å². The van der Waals surface area contributed by atoms with Gasteiger partial charge in [0.25, 0.3) is 0 Å². The Morgan fingerprint density at radius 3 is 2.53 bits per heavy atom. The van der Waals surface area contributed by atoms with Crippen LogP contribution >= 0.6 is 0 Å². The fourth-order valence-electron chi connectivity index (χ4n) is 1.32. The van der Waals surface area contributed by atoms with Crippen LogP contribution < -0.4 is 10.2 Å². The Morgan fingerprint density at radius 1 is 1.33 bits per heavy atom. The second kappa shape index (κ2) is 4.96. The van der Waals surface area contributed by atoms with Crippen LogP contribution in [0.5, 0.6) is 0 Å². The first-order chi connectivity index (χ1) is 7.06. The fraction of sp³-hybridized carbons (Fsp3) is 0.636. The zero-order valence-corrected chi connectivity index (χ0v) is 10.2. The number of aromatic nitrogens is 2. The van der Waals surface area contributed by atoms with Crippen LogP contribution in [0.25, 0.3) is 0 Å². The molecule has 0 bridgehead atoms. The van der Waals surface area contributed by atoms with Crippen LogP contribution in [0.15, 0.2) is 12.3 Å². The molecule has 0 aliphatic heterocycles. The Hall–Kier alpha value is -1.32. The van der Waals surface area contributed by atoms with Gasteiger partial charge in [-0.25, -0.2) is 4.98 Å². The minimum absolute atomic E-state index is 0.463. The summed E-state index contributed by atoms with van der Waals surface area (Å²) in [5.74, 6) is 2.22. The molecule has 1 N–H and O–H groups in total. The minimum atomic E-state index is 0.463. The molecule has 0 amide bonds. The van der Waals surface area contributed by atoms with E-state index in [0.717, 1.165) is 5.82 Å². The van der Waals surface area contributed by atoms with Crippen molar-refractivity contribution >= 4 is 11.8 Å². The van der Waals surface area contributed by atoms with E-state index in [2.05, 4.69) is 48.0 Å². The average Bonchev–Trinajstić information content (AvgIpc) is 2.27. The molecule has 1 rings (SSSR count). The molecule has 1 heterocycles. The van der Waals surface area contributed by atoms with E-state index < -0.39 is 0 Å². The topological polar surface area (TPSA) is 41.1 Å². The van der Waals surface area contributed by atoms with E-state index in [1.165, 1.54) is 0 Å². The number of hydrogen-bond donors (Lipinski definition) is 1. The molecule has 0 saturated carbocycles. The maximum absolute atomic E-state index is 4.40. The first-order valence-corrected chi connectivity index (χ1v) is 5.30. The van der Waals surface area contributed by atoms with E-state index in [0.29, 0.717) is 17.9 Å². The van der Waals surface area contributed by atoms with Gasteiger partial charge in [0.2, 0.25) is 5.95 Å². The lowest BCUT2D eigenvalue weighted by Gasteiger charge is -2.28. The highest BCUT2D eigenvalue weighted by Crippen LogP contribution is 2.17. The van der Waals surface area contributed by atoms with Crippen molar-refractivity contribution in [3.63, 3.8) is 0 Å². The molecule has 0 aromatic carbocycles.